The Labute approximate surface area is 210 Å². The minimum atomic E-state index is -4.24. The van der Waals surface area contributed by atoms with Crippen LogP contribution < -0.4 is 19.2 Å². The Morgan fingerprint density at radius 2 is 1.67 bits per heavy atom. The number of carbonyl (C=O) groups excluding carboxylic acids is 1. The Morgan fingerprint density at radius 1 is 1.00 bits per heavy atom. The topological polar surface area (TPSA) is 97.3 Å². The molecule has 36 heavy (non-hydrogen) atoms. The number of hydrogen-bond donors (Lipinski definition) is 1. The summed E-state index contributed by atoms with van der Waals surface area (Å²) in [7, 11) is -4.24. The van der Waals surface area contributed by atoms with E-state index in [1.54, 1.807) is 30.3 Å². The van der Waals surface area contributed by atoms with Crippen LogP contribution in [0.3, 0.4) is 0 Å². The summed E-state index contributed by atoms with van der Waals surface area (Å²) in [5.74, 6) is -0.407. The molecule has 0 bridgehead atoms. The third-order valence-electron chi connectivity index (χ3n) is 4.99. The highest BCUT2D eigenvalue weighted by Gasteiger charge is 2.29. The molecule has 1 amide bonds. The van der Waals surface area contributed by atoms with Crippen LogP contribution in [0, 0.1) is 12.7 Å². The smallest absolute Gasteiger partial charge is 0.264 e. The first-order valence-electron chi connectivity index (χ1n) is 11.3. The number of nitrogens with zero attached hydrogens (tertiary/aromatic N) is 2. The molecule has 0 saturated heterocycles. The van der Waals surface area contributed by atoms with Crippen molar-refractivity contribution in [3.8, 4) is 11.5 Å². The van der Waals surface area contributed by atoms with Crippen molar-refractivity contribution in [3.05, 3.63) is 83.7 Å². The maximum atomic E-state index is 14.6. The molecule has 3 rings (SSSR count). The molecule has 3 aromatic rings. The molecule has 0 radical (unpaired) electrons. The van der Waals surface area contributed by atoms with E-state index < -0.39 is 28.3 Å². The number of amides is 1. The van der Waals surface area contributed by atoms with Crippen LogP contribution in [0.1, 0.15) is 25.0 Å². The zero-order valence-electron chi connectivity index (χ0n) is 20.3. The first kappa shape index (κ1) is 26.7. The molecule has 0 spiro atoms. The first-order chi connectivity index (χ1) is 17.3. The molecule has 0 heterocycles. The fourth-order valence-corrected chi connectivity index (χ4v) is 4.71. The number of aryl methyl sites for hydroxylation is 1. The van der Waals surface area contributed by atoms with E-state index in [0.717, 1.165) is 15.9 Å². The maximum Gasteiger partial charge on any atom is 0.264 e. The second-order valence-corrected chi connectivity index (χ2v) is 9.50. The molecule has 0 aliphatic rings. The van der Waals surface area contributed by atoms with Gasteiger partial charge in [0.1, 0.15) is 12.4 Å². The van der Waals surface area contributed by atoms with Crippen LogP contribution >= 0.6 is 0 Å². The summed E-state index contributed by atoms with van der Waals surface area (Å²) in [5, 5.41) is 3.92. The van der Waals surface area contributed by atoms with Crippen molar-refractivity contribution in [3.63, 3.8) is 0 Å². The van der Waals surface area contributed by atoms with Crippen LogP contribution in [0.4, 0.5) is 10.1 Å². The molecule has 190 valence electrons. The van der Waals surface area contributed by atoms with Crippen LogP contribution in [-0.4, -0.2) is 40.3 Å². The summed E-state index contributed by atoms with van der Waals surface area (Å²) in [6.45, 7) is 5.78. The molecule has 0 aliphatic heterocycles. The summed E-state index contributed by atoms with van der Waals surface area (Å²) in [6, 6.07) is 16.6. The van der Waals surface area contributed by atoms with Gasteiger partial charge in [0, 0.05) is 0 Å². The van der Waals surface area contributed by atoms with Gasteiger partial charge >= 0.3 is 0 Å². The van der Waals surface area contributed by atoms with E-state index in [1.807, 2.05) is 20.8 Å². The summed E-state index contributed by atoms with van der Waals surface area (Å²) in [5.41, 5.74) is 3.55. The van der Waals surface area contributed by atoms with E-state index in [4.69, 9.17) is 9.47 Å². The second-order valence-electron chi connectivity index (χ2n) is 7.64. The monoisotopic (exact) mass is 513 g/mol. The van der Waals surface area contributed by atoms with Crippen LogP contribution in [0.5, 0.6) is 11.5 Å². The van der Waals surface area contributed by atoms with Gasteiger partial charge in [0.25, 0.3) is 15.9 Å². The molecule has 8 nitrogen and oxygen atoms in total. The Kier molecular flexibility index (Phi) is 9.02. The third-order valence-corrected chi connectivity index (χ3v) is 6.76. The van der Waals surface area contributed by atoms with Gasteiger partial charge in [-0.05, 0) is 68.8 Å². The lowest BCUT2D eigenvalue weighted by molar-refractivity contribution is -0.119. The molecule has 0 aliphatic carbocycles. The SMILES string of the molecule is CCOc1ccc(/C=N\NC(=O)CN(c2ccccc2F)S(=O)(=O)c2ccc(C)cc2)cc1OCC. The summed E-state index contributed by atoms with van der Waals surface area (Å²) in [6.07, 6.45) is 1.39. The zero-order chi connectivity index (χ0) is 26.1. The van der Waals surface area contributed by atoms with Crippen molar-refractivity contribution in [1.82, 2.24) is 5.43 Å². The lowest BCUT2D eigenvalue weighted by Crippen LogP contribution is -2.40. The second kappa shape index (κ2) is 12.2. The number of hydrogen-bond acceptors (Lipinski definition) is 6. The Morgan fingerprint density at radius 3 is 2.33 bits per heavy atom. The van der Waals surface area contributed by atoms with E-state index in [-0.39, 0.29) is 10.6 Å². The minimum Gasteiger partial charge on any atom is -0.490 e. The number of para-hydroxylation sites is 1. The molecule has 10 heteroatoms. The van der Waals surface area contributed by atoms with Gasteiger partial charge in [-0.2, -0.15) is 5.10 Å². The van der Waals surface area contributed by atoms with E-state index in [0.29, 0.717) is 30.3 Å². The van der Waals surface area contributed by atoms with E-state index >= 15 is 0 Å². The van der Waals surface area contributed by atoms with Gasteiger partial charge < -0.3 is 9.47 Å². The van der Waals surface area contributed by atoms with Gasteiger partial charge in [-0.3, -0.25) is 9.10 Å². The predicted molar refractivity (Wildman–Crippen MR) is 137 cm³/mol. The van der Waals surface area contributed by atoms with Crippen molar-refractivity contribution in [2.24, 2.45) is 5.10 Å². The molecule has 3 aromatic carbocycles. The summed E-state index contributed by atoms with van der Waals surface area (Å²) in [4.78, 5) is 12.6. The van der Waals surface area contributed by atoms with E-state index in [2.05, 4.69) is 10.5 Å². The molecule has 0 atom stereocenters. The number of sulfonamides is 1. The van der Waals surface area contributed by atoms with Crippen LogP contribution in [0.25, 0.3) is 0 Å². The lowest BCUT2D eigenvalue weighted by Gasteiger charge is -2.24. The highest BCUT2D eigenvalue weighted by molar-refractivity contribution is 7.92. The van der Waals surface area contributed by atoms with Crippen molar-refractivity contribution >= 4 is 27.8 Å². The molecule has 0 aromatic heterocycles. The average Bonchev–Trinajstić information content (AvgIpc) is 2.85. The third kappa shape index (κ3) is 6.60. The van der Waals surface area contributed by atoms with Gasteiger partial charge in [-0.1, -0.05) is 29.8 Å². The molecule has 0 fully saturated rings. The number of rotatable bonds is 11. The number of nitrogens with one attached hydrogen (secondary N) is 1. The van der Waals surface area contributed by atoms with Crippen LogP contribution in [0.2, 0.25) is 0 Å². The molecule has 0 saturated carbocycles. The number of ether oxygens (including phenoxy) is 2. The minimum absolute atomic E-state index is 0.0644. The number of hydrazone groups is 1. The van der Waals surface area contributed by atoms with Crippen LogP contribution in [0.15, 0.2) is 76.7 Å². The number of benzene rings is 3. The van der Waals surface area contributed by atoms with Crippen molar-refractivity contribution < 1.29 is 27.1 Å². The highest BCUT2D eigenvalue weighted by atomic mass is 32.2. The number of halogens is 1. The number of carbonyl (C=O) groups is 1. The van der Waals surface area contributed by atoms with E-state index in [9.17, 15) is 17.6 Å². The Bertz CT molecular complexity index is 1330. The number of anilines is 1. The molecular formula is C26H28FN3O5S. The quantitative estimate of drug-likeness (QED) is 0.305. The largest absolute Gasteiger partial charge is 0.490 e. The summed E-state index contributed by atoms with van der Waals surface area (Å²) < 4.78 is 53.0. The van der Waals surface area contributed by atoms with Gasteiger partial charge in [0.2, 0.25) is 0 Å². The fourth-order valence-electron chi connectivity index (χ4n) is 3.28. The maximum absolute atomic E-state index is 14.6. The molecule has 1 N–H and O–H groups in total. The molecule has 0 unspecified atom stereocenters. The van der Waals surface area contributed by atoms with Gasteiger partial charge in [-0.15, -0.1) is 0 Å². The first-order valence-corrected chi connectivity index (χ1v) is 12.8. The lowest BCUT2D eigenvalue weighted by atomic mass is 10.2. The fraction of sp³-hybridized carbons (Fsp3) is 0.231. The molecular weight excluding hydrogens is 485 g/mol. The Balaban J connectivity index is 1.81. The standard InChI is InChI=1S/C26H28FN3O5S/c1-4-34-24-15-12-20(16-25(24)35-5-2)17-28-29-26(31)18-30(23-9-7-6-8-22(23)27)36(32,33)21-13-10-19(3)11-14-21/h6-17H,4-5,18H2,1-3H3,(H,29,31)/b28-17-. The zero-order valence-corrected chi connectivity index (χ0v) is 21.1. The average molecular weight is 514 g/mol. The van der Waals surface area contributed by atoms with Crippen LogP contribution in [-0.2, 0) is 14.8 Å². The van der Waals surface area contributed by atoms with Gasteiger partial charge in [-0.25, -0.2) is 18.2 Å². The van der Waals surface area contributed by atoms with Gasteiger partial charge in [0.15, 0.2) is 11.5 Å². The van der Waals surface area contributed by atoms with Crippen molar-refractivity contribution in [2.75, 3.05) is 24.1 Å². The Hall–Kier alpha value is -3.92. The summed E-state index contributed by atoms with van der Waals surface area (Å²) >= 11 is 0. The van der Waals surface area contributed by atoms with Crippen molar-refractivity contribution in [2.45, 2.75) is 25.7 Å². The highest BCUT2D eigenvalue weighted by Crippen LogP contribution is 2.28. The van der Waals surface area contributed by atoms with Crippen molar-refractivity contribution in [1.29, 1.82) is 0 Å². The van der Waals surface area contributed by atoms with Gasteiger partial charge in [0.05, 0.1) is 30.0 Å². The normalized spacial score (nSPS) is 11.3. The predicted octanol–water partition coefficient (Wildman–Crippen LogP) is 4.28. The van der Waals surface area contributed by atoms with E-state index in [1.165, 1.54) is 36.5 Å².